The maximum absolute atomic E-state index is 10.8. The van der Waals surface area contributed by atoms with Gasteiger partial charge in [-0.1, -0.05) is 12.1 Å². The van der Waals surface area contributed by atoms with Gasteiger partial charge in [0, 0.05) is 5.69 Å². The van der Waals surface area contributed by atoms with Crippen molar-refractivity contribution in [1.82, 2.24) is 0 Å². The number of rotatable bonds is 2. The summed E-state index contributed by atoms with van der Waals surface area (Å²) in [7, 11) is -3.47. The summed E-state index contributed by atoms with van der Waals surface area (Å²) in [4.78, 5) is 0. The lowest BCUT2D eigenvalue weighted by Crippen LogP contribution is -2.15. The van der Waals surface area contributed by atoms with E-state index in [-0.39, 0.29) is 5.75 Å². The van der Waals surface area contributed by atoms with E-state index >= 15 is 0 Å². The van der Waals surface area contributed by atoms with Crippen molar-refractivity contribution in [2.75, 3.05) is 5.73 Å². The fraction of sp³-hybridized carbons (Fsp3) is 0.250. The van der Waals surface area contributed by atoms with Gasteiger partial charge in [-0.05, 0) is 24.1 Å². The monoisotopic (exact) mass is 200 g/mol. The Hall–Kier alpha value is -1.07. The van der Waals surface area contributed by atoms with Crippen LogP contribution < -0.4 is 10.9 Å². The maximum Gasteiger partial charge on any atom is 0.213 e. The minimum Gasteiger partial charge on any atom is -0.399 e. The predicted octanol–water partition coefficient (Wildman–Crippen LogP) is 0.366. The van der Waals surface area contributed by atoms with Crippen LogP contribution in [0.15, 0.2) is 18.2 Å². The summed E-state index contributed by atoms with van der Waals surface area (Å²) in [5.41, 5.74) is 7.62. The van der Waals surface area contributed by atoms with Crippen LogP contribution in [0.4, 0.5) is 5.69 Å². The molecule has 0 aliphatic heterocycles. The topological polar surface area (TPSA) is 86.2 Å². The number of nitrogen functional groups attached to an aromatic ring is 1. The van der Waals surface area contributed by atoms with Crippen LogP contribution in [0.3, 0.4) is 0 Å². The van der Waals surface area contributed by atoms with Crippen molar-refractivity contribution in [3.8, 4) is 0 Å². The van der Waals surface area contributed by atoms with Gasteiger partial charge in [-0.25, -0.2) is 13.6 Å². The first-order chi connectivity index (χ1) is 5.90. The van der Waals surface area contributed by atoms with Crippen LogP contribution in [0, 0.1) is 6.92 Å². The molecule has 0 atom stereocenters. The summed E-state index contributed by atoms with van der Waals surface area (Å²) in [6.45, 7) is 1.77. The fourth-order valence-electron chi connectivity index (χ4n) is 1.08. The van der Waals surface area contributed by atoms with E-state index in [1.165, 1.54) is 0 Å². The average Bonchev–Trinajstić information content (AvgIpc) is 1.96. The molecule has 0 fully saturated rings. The first-order valence-electron chi connectivity index (χ1n) is 3.74. The molecule has 72 valence electrons. The van der Waals surface area contributed by atoms with Crippen molar-refractivity contribution >= 4 is 15.7 Å². The van der Waals surface area contributed by atoms with Crippen LogP contribution in [-0.2, 0) is 15.8 Å². The van der Waals surface area contributed by atoms with Gasteiger partial charge >= 0.3 is 0 Å². The Kier molecular flexibility index (Phi) is 2.58. The lowest BCUT2D eigenvalue weighted by Gasteiger charge is -2.06. The van der Waals surface area contributed by atoms with E-state index in [0.29, 0.717) is 11.3 Å². The van der Waals surface area contributed by atoms with Crippen LogP contribution >= 0.6 is 0 Å². The molecule has 0 unspecified atom stereocenters. The molecule has 0 saturated carbocycles. The Balaban J connectivity index is 3.10. The second kappa shape index (κ2) is 3.35. The molecule has 1 aromatic carbocycles. The molecule has 0 aliphatic rings. The molecule has 0 aromatic heterocycles. The zero-order chi connectivity index (χ0) is 10.1. The highest BCUT2D eigenvalue weighted by Crippen LogP contribution is 2.16. The molecular weight excluding hydrogens is 188 g/mol. The Morgan fingerprint density at radius 3 is 2.54 bits per heavy atom. The van der Waals surface area contributed by atoms with Crippen molar-refractivity contribution in [2.45, 2.75) is 12.7 Å². The van der Waals surface area contributed by atoms with Crippen molar-refractivity contribution in [3.05, 3.63) is 29.3 Å². The van der Waals surface area contributed by atoms with Crippen molar-refractivity contribution in [2.24, 2.45) is 5.14 Å². The van der Waals surface area contributed by atoms with Gasteiger partial charge in [0.1, 0.15) is 0 Å². The third-order valence-corrected chi connectivity index (χ3v) is 2.56. The molecule has 13 heavy (non-hydrogen) atoms. The predicted molar refractivity (Wildman–Crippen MR) is 52.4 cm³/mol. The molecule has 0 amide bonds. The number of nitrogens with two attached hydrogens (primary N) is 2. The first-order valence-corrected chi connectivity index (χ1v) is 5.46. The second-order valence-corrected chi connectivity index (χ2v) is 4.55. The van der Waals surface area contributed by atoms with Gasteiger partial charge in [-0.2, -0.15) is 0 Å². The minimum absolute atomic E-state index is 0.163. The van der Waals surface area contributed by atoms with Crippen LogP contribution in [0.5, 0.6) is 0 Å². The molecule has 0 aliphatic carbocycles. The summed E-state index contributed by atoms with van der Waals surface area (Å²) in [6, 6.07) is 5.14. The molecular formula is C8H12N2O2S. The van der Waals surface area contributed by atoms with E-state index in [1.54, 1.807) is 25.1 Å². The van der Waals surface area contributed by atoms with Crippen LogP contribution in [0.25, 0.3) is 0 Å². The highest BCUT2D eigenvalue weighted by Gasteiger charge is 2.08. The highest BCUT2D eigenvalue weighted by atomic mass is 32.2. The van der Waals surface area contributed by atoms with E-state index in [2.05, 4.69) is 0 Å². The van der Waals surface area contributed by atoms with Crippen LogP contribution in [0.1, 0.15) is 11.1 Å². The van der Waals surface area contributed by atoms with E-state index in [9.17, 15) is 8.42 Å². The molecule has 0 heterocycles. The Labute approximate surface area is 77.6 Å². The number of sulfonamides is 1. The number of benzene rings is 1. The minimum atomic E-state index is -3.47. The van der Waals surface area contributed by atoms with E-state index in [0.717, 1.165) is 5.56 Å². The number of anilines is 1. The summed E-state index contributed by atoms with van der Waals surface area (Å²) in [5.74, 6) is -0.163. The molecule has 0 spiro atoms. The van der Waals surface area contributed by atoms with Gasteiger partial charge in [0.05, 0.1) is 5.75 Å². The van der Waals surface area contributed by atoms with Crippen molar-refractivity contribution in [1.29, 1.82) is 0 Å². The second-order valence-electron chi connectivity index (χ2n) is 2.94. The smallest absolute Gasteiger partial charge is 0.213 e. The third-order valence-electron chi connectivity index (χ3n) is 1.84. The molecule has 0 saturated heterocycles. The lowest BCUT2D eigenvalue weighted by molar-refractivity contribution is 0.597. The van der Waals surface area contributed by atoms with Gasteiger partial charge in [0.25, 0.3) is 0 Å². The quantitative estimate of drug-likeness (QED) is 0.676. The molecule has 1 aromatic rings. The number of primary sulfonamides is 1. The standard InChI is InChI=1S/C8H12N2O2S/c1-6-7(5-13(10,11)12)3-2-4-8(6)9/h2-4H,5,9H2,1H3,(H2,10,11,12). The third kappa shape index (κ3) is 2.71. The molecule has 5 heteroatoms. The number of hydrogen-bond donors (Lipinski definition) is 2. The summed E-state index contributed by atoms with van der Waals surface area (Å²) in [5, 5.41) is 4.92. The van der Waals surface area contributed by atoms with E-state index in [4.69, 9.17) is 10.9 Å². The summed E-state index contributed by atoms with van der Waals surface area (Å²) < 4.78 is 21.6. The molecule has 4 nitrogen and oxygen atoms in total. The normalized spacial score (nSPS) is 11.5. The largest absolute Gasteiger partial charge is 0.399 e. The van der Waals surface area contributed by atoms with E-state index in [1.807, 2.05) is 0 Å². The summed E-state index contributed by atoms with van der Waals surface area (Å²) >= 11 is 0. The SMILES string of the molecule is Cc1c(N)cccc1CS(N)(=O)=O. The molecule has 4 N–H and O–H groups in total. The lowest BCUT2D eigenvalue weighted by atomic mass is 10.1. The van der Waals surface area contributed by atoms with Crippen molar-refractivity contribution < 1.29 is 8.42 Å². The summed E-state index contributed by atoms with van der Waals surface area (Å²) in [6.07, 6.45) is 0. The van der Waals surface area contributed by atoms with Gasteiger partial charge in [-0.3, -0.25) is 0 Å². The Bertz CT molecular complexity index is 412. The van der Waals surface area contributed by atoms with Crippen LogP contribution in [0.2, 0.25) is 0 Å². The fourth-order valence-corrected chi connectivity index (χ4v) is 1.82. The van der Waals surface area contributed by atoms with Gasteiger partial charge in [0.2, 0.25) is 10.0 Å². The van der Waals surface area contributed by atoms with E-state index < -0.39 is 10.0 Å². The maximum atomic E-state index is 10.8. The zero-order valence-electron chi connectivity index (χ0n) is 7.32. The molecule has 0 radical (unpaired) electrons. The molecule has 1 rings (SSSR count). The van der Waals surface area contributed by atoms with Crippen LogP contribution in [-0.4, -0.2) is 8.42 Å². The van der Waals surface area contributed by atoms with Gasteiger partial charge in [0.15, 0.2) is 0 Å². The highest BCUT2D eigenvalue weighted by molar-refractivity contribution is 7.88. The van der Waals surface area contributed by atoms with Crippen molar-refractivity contribution in [3.63, 3.8) is 0 Å². The zero-order valence-corrected chi connectivity index (χ0v) is 8.14. The van der Waals surface area contributed by atoms with Gasteiger partial charge in [-0.15, -0.1) is 0 Å². The number of hydrogen-bond acceptors (Lipinski definition) is 3. The first kappa shape index (κ1) is 10.0. The Morgan fingerprint density at radius 2 is 2.00 bits per heavy atom. The molecule has 0 bridgehead atoms. The average molecular weight is 200 g/mol. The Morgan fingerprint density at radius 1 is 1.38 bits per heavy atom. The van der Waals surface area contributed by atoms with Gasteiger partial charge < -0.3 is 5.73 Å².